The number of furan rings is 4. The first-order chi connectivity index (χ1) is 67.9. The van der Waals surface area contributed by atoms with E-state index in [2.05, 4.69) is 333 Å². The molecule has 9 aromatic carbocycles. The number of hydrogen-bond donors (Lipinski definition) is 4. The van der Waals surface area contributed by atoms with Crippen molar-refractivity contribution in [3.8, 4) is 101 Å². The van der Waals surface area contributed by atoms with Crippen LogP contribution in [0.25, 0.3) is 146 Å². The van der Waals surface area contributed by atoms with Crippen molar-refractivity contribution in [3.63, 3.8) is 0 Å². The van der Waals surface area contributed by atoms with E-state index in [4.69, 9.17) is 58.0 Å². The monoisotopic (exact) mass is 2690 g/mol. The molecule has 0 aliphatic rings. The number of nitrogens with zero attached hydrogens (tertiary/aromatic N) is 4. The second-order valence-corrected chi connectivity index (χ2v) is 39.4. The molecule has 0 amide bonds. The van der Waals surface area contributed by atoms with E-state index in [0.717, 1.165) is 151 Å². The molecule has 0 atom stereocenters. The number of fused-ring (bicyclic) bond motifs is 4. The molecule has 0 aliphatic heterocycles. The van der Waals surface area contributed by atoms with Crippen LogP contribution in [0.4, 0.5) is 0 Å². The van der Waals surface area contributed by atoms with Crippen LogP contribution in [0.1, 0.15) is 239 Å². The molecular weight excluding hydrogens is 2550 g/mol. The van der Waals surface area contributed by atoms with Crippen LogP contribution in [0.3, 0.4) is 0 Å². The van der Waals surface area contributed by atoms with E-state index in [0.29, 0.717) is 23.7 Å². The summed E-state index contributed by atoms with van der Waals surface area (Å²) in [5.41, 5.74) is 40.2. The fourth-order valence-corrected chi connectivity index (χ4v) is 16.7. The minimum Gasteiger partial charge on any atom is -0.512 e. The maximum absolute atomic E-state index is 10.0. The molecule has 0 fully saturated rings. The van der Waals surface area contributed by atoms with Crippen molar-refractivity contribution in [2.45, 2.75) is 230 Å². The van der Waals surface area contributed by atoms with Gasteiger partial charge in [-0.25, -0.2) is 0 Å². The number of aliphatic hydroxyl groups excluding tert-OH is 4. The van der Waals surface area contributed by atoms with Crippen molar-refractivity contribution in [1.29, 1.82) is 0 Å². The molecule has 8 aromatic heterocycles. The Kier molecular flexibility index (Phi) is 47.3. The van der Waals surface area contributed by atoms with Gasteiger partial charge in [0.2, 0.25) is 0 Å². The summed E-state index contributed by atoms with van der Waals surface area (Å²) >= 11 is 0. The standard InChI is InChI=1S/C29H24NO.2C27H28NO.C25H24NO.4C5H8O2.4Ir/c1-18-14-19(2)16-24(15-18)25-12-13-27-26(30-25)17-28(31-27)22-8-10-23(11-9-22)29-20(3)6-5-7-21(29)4;1-16(2)20-12-21(17(3)4)14-23(13-20)27-15-25-26(29-27)8-7-24(28-25)22-10-18(5)9-19(6)11-22;1-16(2)21-8-7-9-22(17(3)4)27(21)26-15-24-25(29-26)11-10-23(28-24)20-13-18(5)12-19(6)14-20;1-16-12-17(2)14-19(13-16)21-10-11-23-22(26-21)15-24(27-23)18-6-8-20(9-7-18)25(3,4)5;4*1-4(6)3-5(2)7;;;;/h5-15,17H,1-4H3;7-10,12-17H,1-6H3;7-13,15-17H,1-6H3;6-13,15H,1-5H3;4*3,6H,1-2H3;;;;/q4*-1;;;;;;;;. The number of aryl methyl sites for hydroxylation is 10. The smallest absolute Gasteiger partial charge is 0.155 e. The van der Waals surface area contributed by atoms with Gasteiger partial charge in [0.25, 0.3) is 0 Å². The molecule has 4 N–H and O–H groups in total. The Morgan fingerprint density at radius 2 is 0.547 bits per heavy atom. The molecular formula is C128H136Ir4N4O12-4. The van der Waals surface area contributed by atoms with E-state index >= 15 is 0 Å². The number of ketones is 4. The average Bonchev–Trinajstić information content (AvgIpc) is 1.62. The van der Waals surface area contributed by atoms with Crippen molar-refractivity contribution in [2.24, 2.45) is 0 Å². The van der Waals surface area contributed by atoms with Crippen LogP contribution in [-0.4, -0.2) is 63.5 Å². The zero-order valence-corrected chi connectivity index (χ0v) is 99.7. The molecule has 0 aliphatic carbocycles. The molecule has 0 saturated carbocycles. The van der Waals surface area contributed by atoms with Crippen LogP contribution in [0.2, 0.25) is 0 Å². The van der Waals surface area contributed by atoms with Crippen molar-refractivity contribution in [1.82, 2.24) is 19.9 Å². The zero-order chi connectivity index (χ0) is 106. The molecule has 8 heterocycles. The third-order valence-electron chi connectivity index (χ3n) is 23.0. The van der Waals surface area contributed by atoms with Crippen LogP contribution in [0, 0.1) is 93.5 Å². The van der Waals surface area contributed by atoms with Crippen LogP contribution < -0.4 is 0 Å². The van der Waals surface area contributed by atoms with Gasteiger partial charge in [0.15, 0.2) is 45.5 Å². The van der Waals surface area contributed by atoms with Gasteiger partial charge in [-0.3, -0.25) is 39.1 Å². The molecule has 0 unspecified atom stereocenters. The summed E-state index contributed by atoms with van der Waals surface area (Å²) in [6.07, 6.45) is 4.67. The minimum atomic E-state index is -0.125. The first-order valence-electron chi connectivity index (χ1n) is 48.6. The van der Waals surface area contributed by atoms with Gasteiger partial charge >= 0.3 is 0 Å². The van der Waals surface area contributed by atoms with Crippen LogP contribution in [-0.2, 0) is 105 Å². The maximum Gasteiger partial charge on any atom is 0.155 e. The summed E-state index contributed by atoms with van der Waals surface area (Å²) in [6.45, 7) is 56.9. The van der Waals surface area contributed by atoms with Crippen LogP contribution >= 0.6 is 0 Å². The number of allylic oxidation sites excluding steroid dienone is 8. The van der Waals surface area contributed by atoms with E-state index < -0.39 is 0 Å². The Morgan fingerprint density at radius 3 is 0.797 bits per heavy atom. The average molecular weight is 2690 g/mol. The number of benzene rings is 9. The number of rotatable bonds is 17. The molecule has 16 nitrogen and oxygen atoms in total. The predicted octanol–water partition coefficient (Wildman–Crippen LogP) is 34.5. The number of pyridine rings is 4. The Hall–Kier alpha value is -12.8. The van der Waals surface area contributed by atoms with E-state index in [-0.39, 0.29) is 132 Å². The Balaban J connectivity index is 0.000000274. The number of aromatic nitrogens is 4. The van der Waals surface area contributed by atoms with E-state index in [1.807, 2.05) is 60.7 Å². The molecule has 17 aromatic rings. The molecule has 780 valence electrons. The summed E-state index contributed by atoms with van der Waals surface area (Å²) in [6, 6.07) is 91.9. The van der Waals surface area contributed by atoms with Crippen molar-refractivity contribution < 1.29 is 138 Å². The summed E-state index contributed by atoms with van der Waals surface area (Å²) < 4.78 is 24.6. The molecule has 0 spiro atoms. The van der Waals surface area contributed by atoms with E-state index in [9.17, 15) is 19.2 Å². The summed E-state index contributed by atoms with van der Waals surface area (Å²) in [7, 11) is 0. The number of hydrogen-bond acceptors (Lipinski definition) is 16. The second kappa shape index (κ2) is 56.5. The number of aliphatic hydroxyl groups is 4. The first kappa shape index (κ1) is 124. The topological polar surface area (TPSA) is 253 Å². The summed E-state index contributed by atoms with van der Waals surface area (Å²) in [5, 5.41) is 33.5. The number of carbonyl (C=O) groups is 4. The summed E-state index contributed by atoms with van der Waals surface area (Å²) in [5.74, 6) is 5.00. The van der Waals surface area contributed by atoms with Gasteiger partial charge in [0.1, 0.15) is 23.0 Å². The van der Waals surface area contributed by atoms with Crippen LogP contribution in [0.5, 0.6) is 0 Å². The second-order valence-electron chi connectivity index (χ2n) is 39.4. The molecule has 0 saturated heterocycles. The zero-order valence-electron chi connectivity index (χ0n) is 90.2. The van der Waals surface area contributed by atoms with Crippen LogP contribution in [0.15, 0.2) is 289 Å². The predicted molar refractivity (Wildman–Crippen MR) is 591 cm³/mol. The van der Waals surface area contributed by atoms with Gasteiger partial charge < -0.3 is 38.1 Å². The molecule has 0 bridgehead atoms. The molecule has 148 heavy (non-hydrogen) atoms. The molecule has 17 rings (SSSR count). The Labute approximate surface area is 928 Å². The SMILES string of the molecule is CC(=O)C=C(C)O.CC(=O)C=C(C)O.CC(=O)C=C(C)O.CC(=O)C=C(C)O.Cc1[c-]c(-c2ccc3oc(-c4c(C(C)C)cccc4C(C)C)cc3n2)cc(C)c1.Cc1[c-]c(-c2ccc3oc(-c4cc(C(C)C)cc(C(C)C)c4)cc3n2)cc(C)c1.Cc1[c-]c(-c2ccc3oc(-c4ccc(-c5c(C)cccc5C)cc4)cc3n2)cc(C)c1.Cc1[c-]c(-c2ccc3oc(-c4ccc(C(C)(C)C)cc4)cc3n2)cc(C)c1.[Ir].[Ir].[Ir].[Ir]. The van der Waals surface area contributed by atoms with E-state index in [1.165, 1.54) is 158 Å². The Bertz CT molecular complexity index is 7320. The quantitative estimate of drug-likeness (QED) is 0.0376. The Morgan fingerprint density at radius 1 is 0.291 bits per heavy atom. The van der Waals surface area contributed by atoms with Gasteiger partial charge in [-0.2, -0.15) is 0 Å². The van der Waals surface area contributed by atoms with Gasteiger partial charge in [0.05, 0.1) is 45.1 Å². The van der Waals surface area contributed by atoms with Gasteiger partial charge in [-0.05, 0) is 208 Å². The normalized spacial score (nSPS) is 11.3. The molecule has 4 radical (unpaired) electrons. The number of carbonyl (C=O) groups excluding carboxylic acids is 4. The fraction of sp³-hybridized carbons (Fsp3) is 0.266. The van der Waals surface area contributed by atoms with Gasteiger partial charge in [-0.1, -0.05) is 247 Å². The largest absolute Gasteiger partial charge is 0.512 e. The molecule has 20 heteroatoms. The fourth-order valence-electron chi connectivity index (χ4n) is 16.7. The van der Waals surface area contributed by atoms with Gasteiger partial charge in [0, 0.05) is 151 Å². The summed E-state index contributed by atoms with van der Waals surface area (Å²) in [4.78, 5) is 59.5. The van der Waals surface area contributed by atoms with E-state index in [1.54, 1.807) is 0 Å². The minimum absolute atomic E-state index is 0. The van der Waals surface area contributed by atoms with Gasteiger partial charge in [-0.15, -0.1) is 140 Å². The van der Waals surface area contributed by atoms with Crippen molar-refractivity contribution in [3.05, 3.63) is 380 Å². The van der Waals surface area contributed by atoms with Crippen molar-refractivity contribution in [2.75, 3.05) is 0 Å². The first-order valence-corrected chi connectivity index (χ1v) is 48.6. The maximum atomic E-state index is 10.0. The third kappa shape index (κ3) is 36.3. The van der Waals surface area contributed by atoms with Crippen molar-refractivity contribution >= 4 is 67.5 Å². The third-order valence-corrected chi connectivity index (χ3v) is 23.0.